The molecule has 0 aliphatic heterocycles. The third-order valence-corrected chi connectivity index (χ3v) is 3.83. The van der Waals surface area contributed by atoms with Crippen molar-refractivity contribution in [2.45, 2.75) is 45.6 Å². The van der Waals surface area contributed by atoms with E-state index in [2.05, 4.69) is 29.5 Å². The van der Waals surface area contributed by atoms with Crippen LogP contribution in [0.25, 0.3) is 0 Å². The topological polar surface area (TPSA) is 54.0 Å². The predicted octanol–water partition coefficient (Wildman–Crippen LogP) is 3.48. The summed E-state index contributed by atoms with van der Waals surface area (Å²) in [4.78, 5) is 16.3. The normalized spacial score (nSPS) is 20.6. The van der Waals surface area contributed by atoms with E-state index in [1.807, 2.05) is 0 Å². The van der Waals surface area contributed by atoms with E-state index in [9.17, 15) is 4.79 Å². The van der Waals surface area contributed by atoms with Gasteiger partial charge in [0, 0.05) is 18.8 Å². The van der Waals surface area contributed by atoms with E-state index in [1.54, 1.807) is 12.3 Å². The largest absolute Gasteiger partial charge is 0.369 e. The Balaban J connectivity index is 1.92. The number of pyridine rings is 1. The number of halogens is 1. The lowest BCUT2D eigenvalue weighted by Crippen LogP contribution is -2.27. The average molecular weight is 296 g/mol. The number of carbonyl (C=O) groups is 1. The van der Waals surface area contributed by atoms with Crippen LogP contribution in [0.2, 0.25) is 5.02 Å². The molecule has 4 nitrogen and oxygen atoms in total. The standard InChI is InChI=1S/C15H22ClN3O/c1-3-5-10-8-13(10)19-15(20)11-7-12(16)14(18-9-11)17-6-4-2/h7,9-10,13H,3-6,8H2,1-2H3,(H,17,18)(H,19,20). The molecule has 110 valence electrons. The molecule has 2 atom stereocenters. The number of aromatic nitrogens is 1. The minimum atomic E-state index is -0.0787. The van der Waals surface area contributed by atoms with Crippen LogP contribution in [-0.2, 0) is 0 Å². The molecule has 2 unspecified atom stereocenters. The number of rotatable bonds is 7. The van der Waals surface area contributed by atoms with Crippen molar-refractivity contribution >= 4 is 23.3 Å². The molecule has 1 saturated carbocycles. The Morgan fingerprint density at radius 3 is 2.90 bits per heavy atom. The summed E-state index contributed by atoms with van der Waals surface area (Å²) in [5.41, 5.74) is 0.527. The summed E-state index contributed by atoms with van der Waals surface area (Å²) in [5, 5.41) is 6.66. The highest BCUT2D eigenvalue weighted by molar-refractivity contribution is 6.33. The van der Waals surface area contributed by atoms with Crippen LogP contribution in [0.15, 0.2) is 12.3 Å². The van der Waals surface area contributed by atoms with Gasteiger partial charge in [-0.3, -0.25) is 4.79 Å². The zero-order valence-corrected chi connectivity index (χ0v) is 12.8. The lowest BCUT2D eigenvalue weighted by Gasteiger charge is -2.08. The highest BCUT2D eigenvalue weighted by Gasteiger charge is 2.37. The summed E-state index contributed by atoms with van der Waals surface area (Å²) < 4.78 is 0. The predicted molar refractivity (Wildman–Crippen MR) is 82.3 cm³/mol. The molecular weight excluding hydrogens is 274 g/mol. The molecule has 0 radical (unpaired) electrons. The maximum Gasteiger partial charge on any atom is 0.253 e. The van der Waals surface area contributed by atoms with E-state index in [4.69, 9.17) is 11.6 Å². The van der Waals surface area contributed by atoms with E-state index < -0.39 is 0 Å². The van der Waals surface area contributed by atoms with Gasteiger partial charge in [0.05, 0.1) is 10.6 Å². The molecule has 5 heteroatoms. The summed E-state index contributed by atoms with van der Waals surface area (Å²) in [5.74, 6) is 1.21. The van der Waals surface area contributed by atoms with Gasteiger partial charge in [0.25, 0.3) is 5.91 Å². The van der Waals surface area contributed by atoms with Gasteiger partial charge < -0.3 is 10.6 Å². The Morgan fingerprint density at radius 1 is 1.45 bits per heavy atom. The molecule has 1 aliphatic rings. The van der Waals surface area contributed by atoms with Gasteiger partial charge in [0.2, 0.25) is 0 Å². The number of amides is 1. The fraction of sp³-hybridized carbons (Fsp3) is 0.600. The Hall–Kier alpha value is -1.29. The highest BCUT2D eigenvalue weighted by Crippen LogP contribution is 2.34. The van der Waals surface area contributed by atoms with Gasteiger partial charge in [-0.25, -0.2) is 4.98 Å². The lowest BCUT2D eigenvalue weighted by molar-refractivity contribution is 0.0948. The van der Waals surface area contributed by atoms with E-state index in [1.165, 1.54) is 12.8 Å². The van der Waals surface area contributed by atoms with Crippen LogP contribution in [-0.4, -0.2) is 23.5 Å². The van der Waals surface area contributed by atoms with E-state index >= 15 is 0 Å². The van der Waals surface area contributed by atoms with Gasteiger partial charge in [0.15, 0.2) is 0 Å². The van der Waals surface area contributed by atoms with E-state index in [0.29, 0.717) is 28.4 Å². The van der Waals surface area contributed by atoms with Crippen LogP contribution < -0.4 is 10.6 Å². The first-order chi connectivity index (χ1) is 9.65. The summed E-state index contributed by atoms with van der Waals surface area (Å²) in [6.07, 6.45) is 6.03. The molecule has 1 aromatic rings. The van der Waals surface area contributed by atoms with E-state index in [0.717, 1.165) is 19.4 Å². The Labute approximate surface area is 125 Å². The number of nitrogens with one attached hydrogen (secondary N) is 2. The van der Waals surface area contributed by atoms with Crippen LogP contribution in [0.5, 0.6) is 0 Å². The van der Waals surface area contributed by atoms with E-state index in [-0.39, 0.29) is 5.91 Å². The second-order valence-corrected chi connectivity index (χ2v) is 5.75. The third-order valence-electron chi connectivity index (χ3n) is 3.54. The van der Waals surface area contributed by atoms with Crippen molar-refractivity contribution in [2.75, 3.05) is 11.9 Å². The minimum Gasteiger partial charge on any atom is -0.369 e. The molecule has 1 heterocycles. The second kappa shape index (κ2) is 6.93. The molecule has 0 spiro atoms. The first-order valence-electron chi connectivity index (χ1n) is 7.36. The van der Waals surface area contributed by atoms with Crippen LogP contribution in [0, 0.1) is 5.92 Å². The van der Waals surface area contributed by atoms with Gasteiger partial charge in [-0.2, -0.15) is 0 Å². The number of hydrogen-bond donors (Lipinski definition) is 2. The van der Waals surface area contributed by atoms with Crippen molar-refractivity contribution in [3.05, 3.63) is 22.8 Å². The maximum atomic E-state index is 12.1. The fourth-order valence-electron chi connectivity index (χ4n) is 2.30. The lowest BCUT2D eigenvalue weighted by atomic mass is 10.2. The van der Waals surface area contributed by atoms with Gasteiger partial charge in [-0.05, 0) is 31.2 Å². The molecule has 1 amide bonds. The summed E-state index contributed by atoms with van der Waals surface area (Å²) in [7, 11) is 0. The molecule has 2 N–H and O–H groups in total. The SMILES string of the molecule is CCCNc1ncc(C(=O)NC2CC2CCC)cc1Cl. The van der Waals surface area contributed by atoms with Gasteiger partial charge >= 0.3 is 0 Å². The van der Waals surface area contributed by atoms with Crippen molar-refractivity contribution in [1.29, 1.82) is 0 Å². The molecule has 1 aromatic heterocycles. The molecule has 0 bridgehead atoms. The zero-order chi connectivity index (χ0) is 14.5. The molecule has 2 rings (SSSR count). The molecule has 0 aromatic carbocycles. The first-order valence-corrected chi connectivity index (χ1v) is 7.73. The summed E-state index contributed by atoms with van der Waals surface area (Å²) >= 11 is 6.13. The number of hydrogen-bond acceptors (Lipinski definition) is 3. The van der Waals surface area contributed by atoms with Crippen LogP contribution >= 0.6 is 11.6 Å². The molecule has 1 aliphatic carbocycles. The van der Waals surface area contributed by atoms with Crippen LogP contribution in [0.4, 0.5) is 5.82 Å². The van der Waals surface area contributed by atoms with Crippen LogP contribution in [0.1, 0.15) is 49.9 Å². The monoisotopic (exact) mass is 295 g/mol. The molecule has 1 fully saturated rings. The number of nitrogens with zero attached hydrogens (tertiary/aromatic N) is 1. The minimum absolute atomic E-state index is 0.0787. The van der Waals surface area contributed by atoms with Crippen molar-refractivity contribution in [3.63, 3.8) is 0 Å². The Morgan fingerprint density at radius 2 is 2.25 bits per heavy atom. The van der Waals surface area contributed by atoms with Crippen molar-refractivity contribution in [2.24, 2.45) is 5.92 Å². The second-order valence-electron chi connectivity index (χ2n) is 5.35. The quantitative estimate of drug-likeness (QED) is 0.810. The molecular formula is C15H22ClN3O. The molecule has 0 saturated heterocycles. The number of carbonyl (C=O) groups excluding carboxylic acids is 1. The third kappa shape index (κ3) is 3.85. The zero-order valence-electron chi connectivity index (χ0n) is 12.1. The maximum absolute atomic E-state index is 12.1. The van der Waals surface area contributed by atoms with Gasteiger partial charge in [0.1, 0.15) is 5.82 Å². The summed E-state index contributed by atoms with van der Waals surface area (Å²) in [6.45, 7) is 5.06. The average Bonchev–Trinajstić information content (AvgIpc) is 3.15. The smallest absolute Gasteiger partial charge is 0.253 e. The fourth-order valence-corrected chi connectivity index (χ4v) is 2.53. The summed E-state index contributed by atoms with van der Waals surface area (Å²) in [6, 6.07) is 2.01. The Bertz CT molecular complexity index is 478. The van der Waals surface area contributed by atoms with Crippen molar-refractivity contribution in [1.82, 2.24) is 10.3 Å². The van der Waals surface area contributed by atoms with Gasteiger partial charge in [-0.15, -0.1) is 0 Å². The van der Waals surface area contributed by atoms with Gasteiger partial charge in [-0.1, -0.05) is 31.9 Å². The van der Waals surface area contributed by atoms with Crippen LogP contribution in [0.3, 0.4) is 0 Å². The highest BCUT2D eigenvalue weighted by atomic mass is 35.5. The number of anilines is 1. The first kappa shape index (κ1) is 15.1. The molecule has 20 heavy (non-hydrogen) atoms. The Kier molecular flexibility index (Phi) is 5.24. The van der Waals surface area contributed by atoms with Crippen molar-refractivity contribution < 1.29 is 4.79 Å². The van der Waals surface area contributed by atoms with Crippen molar-refractivity contribution in [3.8, 4) is 0 Å².